The van der Waals surface area contributed by atoms with Gasteiger partial charge in [-0.2, -0.15) is 0 Å². The molecule has 2 aromatic rings. The first-order valence-corrected chi connectivity index (χ1v) is 5.78. The van der Waals surface area contributed by atoms with Crippen molar-refractivity contribution in [2.24, 2.45) is 0 Å². The minimum Gasteiger partial charge on any atom is -0.370 e. The van der Waals surface area contributed by atoms with E-state index in [0.717, 1.165) is 35.7 Å². The van der Waals surface area contributed by atoms with E-state index in [-0.39, 0.29) is 0 Å². The molecule has 0 unspecified atom stereocenters. The van der Waals surface area contributed by atoms with Crippen LogP contribution < -0.4 is 5.32 Å². The molecule has 2 heterocycles. The van der Waals surface area contributed by atoms with Gasteiger partial charge in [0, 0.05) is 30.1 Å². The minimum atomic E-state index is 0.867. The van der Waals surface area contributed by atoms with E-state index < -0.39 is 0 Å². The number of aromatic nitrogens is 3. The van der Waals surface area contributed by atoms with Crippen LogP contribution in [0.15, 0.2) is 30.7 Å². The van der Waals surface area contributed by atoms with Gasteiger partial charge in [-0.1, -0.05) is 6.92 Å². The summed E-state index contributed by atoms with van der Waals surface area (Å²) >= 11 is 0. The Hall–Kier alpha value is -1.97. The summed E-state index contributed by atoms with van der Waals surface area (Å²) in [5.41, 5.74) is 2.98. The van der Waals surface area contributed by atoms with Gasteiger partial charge in [0.15, 0.2) is 0 Å². The molecule has 2 rings (SSSR count). The third-order valence-electron chi connectivity index (χ3n) is 2.42. The number of pyridine rings is 1. The van der Waals surface area contributed by atoms with Crippen LogP contribution in [-0.2, 0) is 0 Å². The quantitative estimate of drug-likeness (QED) is 0.874. The Morgan fingerprint density at radius 2 is 2.06 bits per heavy atom. The van der Waals surface area contributed by atoms with E-state index in [1.54, 1.807) is 12.5 Å². The van der Waals surface area contributed by atoms with E-state index >= 15 is 0 Å². The lowest BCUT2D eigenvalue weighted by Crippen LogP contribution is -2.02. The van der Waals surface area contributed by atoms with Gasteiger partial charge in [0.25, 0.3) is 0 Å². The van der Waals surface area contributed by atoms with Crippen molar-refractivity contribution in [1.29, 1.82) is 0 Å². The lowest BCUT2D eigenvalue weighted by molar-refractivity contribution is 0.965. The van der Waals surface area contributed by atoms with Crippen molar-refractivity contribution in [3.05, 3.63) is 36.4 Å². The largest absolute Gasteiger partial charge is 0.370 e. The van der Waals surface area contributed by atoms with Crippen LogP contribution in [0.25, 0.3) is 11.3 Å². The van der Waals surface area contributed by atoms with Gasteiger partial charge in [-0.3, -0.25) is 4.98 Å². The van der Waals surface area contributed by atoms with Crippen molar-refractivity contribution in [2.45, 2.75) is 20.3 Å². The Kier molecular flexibility index (Phi) is 3.65. The number of nitrogens with one attached hydrogen (secondary N) is 1. The van der Waals surface area contributed by atoms with Crippen LogP contribution in [0.3, 0.4) is 0 Å². The molecule has 4 nitrogen and oxygen atoms in total. The highest BCUT2D eigenvalue weighted by molar-refractivity contribution is 5.61. The smallest absolute Gasteiger partial charge is 0.129 e. The fourth-order valence-electron chi connectivity index (χ4n) is 1.57. The summed E-state index contributed by atoms with van der Waals surface area (Å²) in [6.07, 6.45) is 4.46. The van der Waals surface area contributed by atoms with Crippen LogP contribution >= 0.6 is 0 Å². The summed E-state index contributed by atoms with van der Waals surface area (Å²) in [7, 11) is 0. The summed E-state index contributed by atoms with van der Waals surface area (Å²) in [5, 5.41) is 3.25. The average Bonchev–Trinajstić information content (AvgIpc) is 2.37. The standard InChI is InChI=1S/C13H16N4/c1-3-5-15-13-8-12(16-9-17-13)11-4-6-14-10(2)7-11/h4,6-9H,3,5H2,1-2H3,(H,15,16,17). The first-order valence-electron chi connectivity index (χ1n) is 5.78. The van der Waals surface area contributed by atoms with E-state index in [4.69, 9.17) is 0 Å². The molecule has 0 fully saturated rings. The maximum Gasteiger partial charge on any atom is 0.129 e. The highest BCUT2D eigenvalue weighted by Gasteiger charge is 2.01. The predicted molar refractivity (Wildman–Crippen MR) is 68.8 cm³/mol. The minimum absolute atomic E-state index is 0.867. The Morgan fingerprint density at radius 3 is 2.82 bits per heavy atom. The summed E-state index contributed by atoms with van der Waals surface area (Å²) in [6.45, 7) is 5.02. The lowest BCUT2D eigenvalue weighted by atomic mass is 10.1. The molecule has 0 aromatic carbocycles. The zero-order chi connectivity index (χ0) is 12.1. The fourth-order valence-corrected chi connectivity index (χ4v) is 1.57. The van der Waals surface area contributed by atoms with Crippen LogP contribution in [0, 0.1) is 6.92 Å². The molecule has 0 saturated heterocycles. The zero-order valence-corrected chi connectivity index (χ0v) is 10.1. The lowest BCUT2D eigenvalue weighted by Gasteiger charge is -2.06. The number of anilines is 1. The van der Waals surface area contributed by atoms with Crippen molar-refractivity contribution in [2.75, 3.05) is 11.9 Å². The molecule has 0 amide bonds. The van der Waals surface area contributed by atoms with Crippen LogP contribution in [-0.4, -0.2) is 21.5 Å². The molecule has 2 aromatic heterocycles. The number of nitrogens with zero attached hydrogens (tertiary/aromatic N) is 3. The first-order chi connectivity index (χ1) is 8.29. The number of rotatable bonds is 4. The van der Waals surface area contributed by atoms with Gasteiger partial charge in [0.2, 0.25) is 0 Å². The first kappa shape index (κ1) is 11.5. The maximum absolute atomic E-state index is 4.28. The molecule has 0 bridgehead atoms. The second-order valence-electron chi connectivity index (χ2n) is 3.90. The predicted octanol–water partition coefficient (Wildman–Crippen LogP) is 2.67. The maximum atomic E-state index is 4.28. The van der Waals surface area contributed by atoms with Crippen molar-refractivity contribution in [3.63, 3.8) is 0 Å². The van der Waals surface area contributed by atoms with Gasteiger partial charge in [-0.25, -0.2) is 9.97 Å². The normalized spacial score (nSPS) is 10.2. The van der Waals surface area contributed by atoms with Crippen LogP contribution in [0.1, 0.15) is 19.0 Å². The molecule has 0 aliphatic heterocycles. The monoisotopic (exact) mass is 228 g/mol. The third-order valence-corrected chi connectivity index (χ3v) is 2.42. The van der Waals surface area contributed by atoms with Crippen molar-refractivity contribution in [3.8, 4) is 11.3 Å². The van der Waals surface area contributed by atoms with Gasteiger partial charge in [-0.05, 0) is 25.5 Å². The number of hydrogen-bond acceptors (Lipinski definition) is 4. The van der Waals surface area contributed by atoms with E-state index in [1.807, 2.05) is 25.1 Å². The molecule has 0 aliphatic rings. The third kappa shape index (κ3) is 3.00. The van der Waals surface area contributed by atoms with E-state index in [1.165, 1.54) is 0 Å². The number of aryl methyl sites for hydroxylation is 1. The van der Waals surface area contributed by atoms with Gasteiger partial charge in [-0.15, -0.1) is 0 Å². The SMILES string of the molecule is CCCNc1cc(-c2ccnc(C)c2)ncn1. The Bertz CT molecular complexity index is 496. The molecular weight excluding hydrogens is 212 g/mol. The van der Waals surface area contributed by atoms with E-state index in [0.29, 0.717) is 0 Å². The van der Waals surface area contributed by atoms with Gasteiger partial charge in [0.1, 0.15) is 12.1 Å². The summed E-state index contributed by atoms with van der Waals surface area (Å²) < 4.78 is 0. The molecule has 0 atom stereocenters. The topological polar surface area (TPSA) is 50.7 Å². The van der Waals surface area contributed by atoms with Gasteiger partial charge in [0.05, 0.1) is 5.69 Å². The summed E-state index contributed by atoms with van der Waals surface area (Å²) in [6, 6.07) is 5.94. The van der Waals surface area contributed by atoms with E-state index in [2.05, 4.69) is 27.2 Å². The second kappa shape index (κ2) is 5.39. The molecule has 0 spiro atoms. The number of hydrogen-bond donors (Lipinski definition) is 1. The highest BCUT2D eigenvalue weighted by Crippen LogP contribution is 2.18. The molecular formula is C13H16N4. The van der Waals surface area contributed by atoms with Crippen molar-refractivity contribution >= 4 is 5.82 Å². The summed E-state index contributed by atoms with van der Waals surface area (Å²) in [5.74, 6) is 0.867. The highest BCUT2D eigenvalue weighted by atomic mass is 15.0. The Labute approximate surface area is 101 Å². The molecule has 1 N–H and O–H groups in total. The molecule has 0 radical (unpaired) electrons. The van der Waals surface area contributed by atoms with Gasteiger partial charge >= 0.3 is 0 Å². The summed E-state index contributed by atoms with van der Waals surface area (Å²) in [4.78, 5) is 12.6. The van der Waals surface area contributed by atoms with Crippen molar-refractivity contribution in [1.82, 2.24) is 15.0 Å². The molecule has 88 valence electrons. The molecule has 0 aliphatic carbocycles. The molecule has 4 heteroatoms. The molecule has 0 saturated carbocycles. The van der Waals surface area contributed by atoms with Crippen molar-refractivity contribution < 1.29 is 0 Å². The Morgan fingerprint density at radius 1 is 1.18 bits per heavy atom. The zero-order valence-electron chi connectivity index (χ0n) is 10.1. The van der Waals surface area contributed by atoms with Crippen LogP contribution in [0.5, 0.6) is 0 Å². The Balaban J connectivity index is 2.26. The van der Waals surface area contributed by atoms with Crippen LogP contribution in [0.2, 0.25) is 0 Å². The van der Waals surface area contributed by atoms with Gasteiger partial charge < -0.3 is 5.32 Å². The van der Waals surface area contributed by atoms with E-state index in [9.17, 15) is 0 Å². The second-order valence-corrected chi connectivity index (χ2v) is 3.90. The fraction of sp³-hybridized carbons (Fsp3) is 0.308. The average molecular weight is 228 g/mol. The van der Waals surface area contributed by atoms with Crippen LogP contribution in [0.4, 0.5) is 5.82 Å². The molecule has 17 heavy (non-hydrogen) atoms.